The highest BCUT2D eigenvalue weighted by Crippen LogP contribution is 2.24. The number of nitro groups is 1. The summed E-state index contributed by atoms with van der Waals surface area (Å²) in [6.45, 7) is 0.515. The van der Waals surface area contributed by atoms with Crippen molar-refractivity contribution in [2.24, 2.45) is 0 Å². The van der Waals surface area contributed by atoms with Crippen LogP contribution in [0.1, 0.15) is 12.8 Å². The van der Waals surface area contributed by atoms with Crippen LogP contribution in [-0.2, 0) is 14.8 Å². The number of nitro benzene ring substituents is 1. The number of piperidine rings is 1. The van der Waals surface area contributed by atoms with Gasteiger partial charge in [-0.05, 0) is 25.0 Å². The first-order chi connectivity index (χ1) is 9.81. The Bertz CT molecular complexity index is 688. The van der Waals surface area contributed by atoms with Crippen molar-refractivity contribution in [3.05, 3.63) is 28.3 Å². The number of nitrogens with two attached hydrogens (primary N) is 1. The highest BCUT2D eigenvalue weighted by molar-refractivity contribution is 7.89. The Kier molecular flexibility index (Phi) is 4.09. The SMILES string of the molecule is Nc1cc(S(=O)(=O)NC2CCCNC2=O)ccc1[N+](=O)[O-]. The summed E-state index contributed by atoms with van der Waals surface area (Å²) in [6, 6.07) is 2.25. The van der Waals surface area contributed by atoms with Gasteiger partial charge in [-0.2, -0.15) is 4.72 Å². The largest absolute Gasteiger partial charge is 0.393 e. The lowest BCUT2D eigenvalue weighted by molar-refractivity contribution is -0.383. The van der Waals surface area contributed by atoms with Gasteiger partial charge < -0.3 is 11.1 Å². The molecule has 0 aromatic heterocycles. The smallest absolute Gasteiger partial charge is 0.292 e. The number of anilines is 1. The second-order valence-corrected chi connectivity index (χ2v) is 6.30. The predicted octanol–water partition coefficient (Wildman–Crippen LogP) is -0.266. The number of amides is 1. The molecule has 0 saturated carbocycles. The third kappa shape index (κ3) is 3.28. The molecule has 1 heterocycles. The highest BCUT2D eigenvalue weighted by Gasteiger charge is 2.28. The van der Waals surface area contributed by atoms with Crippen LogP contribution in [0.5, 0.6) is 0 Å². The van der Waals surface area contributed by atoms with E-state index < -0.39 is 21.0 Å². The molecule has 9 nitrogen and oxygen atoms in total. The molecule has 1 aromatic rings. The average molecular weight is 314 g/mol. The molecule has 1 aromatic carbocycles. The molecule has 0 radical (unpaired) electrons. The normalized spacial score (nSPS) is 19.0. The molecule has 0 aliphatic carbocycles. The van der Waals surface area contributed by atoms with E-state index >= 15 is 0 Å². The quantitative estimate of drug-likeness (QED) is 0.396. The van der Waals surface area contributed by atoms with E-state index in [9.17, 15) is 23.3 Å². The Balaban J connectivity index is 2.25. The summed E-state index contributed by atoms with van der Waals surface area (Å²) in [5.41, 5.74) is 4.84. The van der Waals surface area contributed by atoms with Gasteiger partial charge in [-0.1, -0.05) is 0 Å². The summed E-state index contributed by atoms with van der Waals surface area (Å²) < 4.78 is 26.6. The molecular weight excluding hydrogens is 300 g/mol. The Morgan fingerprint density at radius 2 is 2.14 bits per heavy atom. The van der Waals surface area contributed by atoms with Gasteiger partial charge in [-0.15, -0.1) is 0 Å². The zero-order valence-corrected chi connectivity index (χ0v) is 11.7. The molecule has 0 spiro atoms. The van der Waals surface area contributed by atoms with Gasteiger partial charge in [-0.25, -0.2) is 8.42 Å². The number of carbonyl (C=O) groups excluding carboxylic acids is 1. The van der Waals surface area contributed by atoms with E-state index in [4.69, 9.17) is 5.73 Å². The van der Waals surface area contributed by atoms with Crippen molar-refractivity contribution in [3.8, 4) is 0 Å². The van der Waals surface area contributed by atoms with Crippen molar-refractivity contribution in [2.75, 3.05) is 12.3 Å². The van der Waals surface area contributed by atoms with Gasteiger partial charge in [0.25, 0.3) is 5.69 Å². The van der Waals surface area contributed by atoms with Crippen LogP contribution in [-0.4, -0.2) is 31.8 Å². The maximum Gasteiger partial charge on any atom is 0.292 e. The number of benzene rings is 1. The van der Waals surface area contributed by atoms with Gasteiger partial charge in [0.2, 0.25) is 15.9 Å². The summed E-state index contributed by atoms with van der Waals surface area (Å²) in [5, 5.41) is 13.2. The van der Waals surface area contributed by atoms with E-state index in [-0.39, 0.29) is 22.2 Å². The van der Waals surface area contributed by atoms with E-state index in [1.54, 1.807) is 0 Å². The van der Waals surface area contributed by atoms with Crippen molar-refractivity contribution < 1.29 is 18.1 Å². The molecule has 1 atom stereocenters. The van der Waals surface area contributed by atoms with Gasteiger partial charge in [-0.3, -0.25) is 14.9 Å². The van der Waals surface area contributed by atoms with E-state index in [1.807, 2.05) is 0 Å². The third-order valence-corrected chi connectivity index (χ3v) is 4.56. The summed E-state index contributed by atoms with van der Waals surface area (Å²) in [7, 11) is -3.97. The van der Waals surface area contributed by atoms with Gasteiger partial charge in [0.15, 0.2) is 0 Å². The van der Waals surface area contributed by atoms with Crippen LogP contribution in [0.15, 0.2) is 23.1 Å². The van der Waals surface area contributed by atoms with E-state index in [0.29, 0.717) is 19.4 Å². The molecule has 1 amide bonds. The minimum Gasteiger partial charge on any atom is -0.393 e. The van der Waals surface area contributed by atoms with Crippen LogP contribution in [0.2, 0.25) is 0 Å². The Morgan fingerprint density at radius 1 is 1.43 bits per heavy atom. The lowest BCUT2D eigenvalue weighted by atomic mass is 10.1. The lowest BCUT2D eigenvalue weighted by Crippen LogP contribution is -2.50. The fraction of sp³-hybridized carbons (Fsp3) is 0.364. The molecule has 1 aliphatic rings. The fourth-order valence-electron chi connectivity index (χ4n) is 2.01. The number of sulfonamides is 1. The molecule has 1 fully saturated rings. The Hall–Kier alpha value is -2.20. The number of nitrogens with zero attached hydrogens (tertiary/aromatic N) is 1. The van der Waals surface area contributed by atoms with Crippen LogP contribution < -0.4 is 15.8 Å². The summed E-state index contributed by atoms with van der Waals surface area (Å²) in [5.74, 6) is -0.389. The second-order valence-electron chi connectivity index (χ2n) is 4.58. The van der Waals surface area contributed by atoms with Crippen molar-refractivity contribution in [2.45, 2.75) is 23.8 Å². The van der Waals surface area contributed by atoms with E-state index in [1.165, 1.54) is 0 Å². The fourth-order valence-corrected chi connectivity index (χ4v) is 3.27. The van der Waals surface area contributed by atoms with Crippen LogP contribution in [0.4, 0.5) is 11.4 Å². The molecule has 1 saturated heterocycles. The minimum absolute atomic E-state index is 0.219. The number of hydrogen-bond acceptors (Lipinski definition) is 6. The molecule has 2 rings (SSSR count). The van der Waals surface area contributed by atoms with Crippen molar-refractivity contribution in [3.63, 3.8) is 0 Å². The minimum atomic E-state index is -3.97. The van der Waals surface area contributed by atoms with Crippen LogP contribution >= 0.6 is 0 Å². The first-order valence-corrected chi connectivity index (χ1v) is 7.63. The molecule has 1 unspecified atom stereocenters. The highest BCUT2D eigenvalue weighted by atomic mass is 32.2. The Labute approximate surface area is 120 Å². The first kappa shape index (κ1) is 15.2. The zero-order valence-electron chi connectivity index (χ0n) is 10.9. The molecule has 0 bridgehead atoms. The standard InChI is InChI=1S/C11H14N4O5S/c12-8-6-7(3-4-10(8)15(17)18)21(19,20)14-9-2-1-5-13-11(9)16/h3-4,6,9,14H,1-2,5,12H2,(H,13,16). The van der Waals surface area contributed by atoms with Crippen molar-refractivity contribution in [1.82, 2.24) is 10.0 Å². The summed E-state index contributed by atoms with van der Waals surface area (Å²) in [6.07, 6.45) is 1.06. The number of carbonyl (C=O) groups is 1. The first-order valence-electron chi connectivity index (χ1n) is 6.15. The second kappa shape index (κ2) is 5.66. The zero-order chi connectivity index (χ0) is 15.6. The third-order valence-electron chi connectivity index (χ3n) is 3.09. The molecule has 21 heavy (non-hydrogen) atoms. The molecule has 10 heteroatoms. The maximum atomic E-state index is 12.2. The molecule has 114 valence electrons. The van der Waals surface area contributed by atoms with Gasteiger partial charge >= 0.3 is 0 Å². The van der Waals surface area contributed by atoms with Crippen molar-refractivity contribution >= 4 is 27.3 Å². The Morgan fingerprint density at radius 3 is 2.71 bits per heavy atom. The van der Waals surface area contributed by atoms with Crippen LogP contribution in [0.3, 0.4) is 0 Å². The number of rotatable bonds is 4. The maximum absolute atomic E-state index is 12.2. The van der Waals surface area contributed by atoms with Crippen LogP contribution in [0, 0.1) is 10.1 Å². The molecule has 1 aliphatic heterocycles. The number of nitrogens with one attached hydrogen (secondary N) is 2. The molecular formula is C11H14N4O5S. The predicted molar refractivity (Wildman–Crippen MR) is 73.9 cm³/mol. The number of nitrogen functional groups attached to an aromatic ring is 1. The monoisotopic (exact) mass is 314 g/mol. The summed E-state index contributed by atoms with van der Waals surface area (Å²) >= 11 is 0. The molecule has 4 N–H and O–H groups in total. The summed E-state index contributed by atoms with van der Waals surface area (Å²) in [4.78, 5) is 21.3. The van der Waals surface area contributed by atoms with Gasteiger partial charge in [0.05, 0.1) is 9.82 Å². The van der Waals surface area contributed by atoms with Gasteiger partial charge in [0.1, 0.15) is 11.7 Å². The topological polar surface area (TPSA) is 144 Å². The van der Waals surface area contributed by atoms with E-state index in [0.717, 1.165) is 18.2 Å². The number of hydrogen-bond donors (Lipinski definition) is 3. The average Bonchev–Trinajstić information content (AvgIpc) is 2.40. The van der Waals surface area contributed by atoms with Gasteiger partial charge in [0, 0.05) is 12.6 Å². The lowest BCUT2D eigenvalue weighted by Gasteiger charge is -2.22. The van der Waals surface area contributed by atoms with E-state index in [2.05, 4.69) is 10.0 Å². The van der Waals surface area contributed by atoms with Crippen molar-refractivity contribution in [1.29, 1.82) is 0 Å². The van der Waals surface area contributed by atoms with Crippen LogP contribution in [0.25, 0.3) is 0 Å².